The molecule has 1 saturated heterocycles. The summed E-state index contributed by atoms with van der Waals surface area (Å²) in [5.74, 6) is -0.0129. The van der Waals surface area contributed by atoms with Gasteiger partial charge in [-0.3, -0.25) is 24.0 Å². The Kier molecular flexibility index (Phi) is 6.90. The third kappa shape index (κ3) is 4.47. The lowest BCUT2D eigenvalue weighted by molar-refractivity contribution is -0.900. The first kappa shape index (κ1) is 20.6. The molecule has 3 rings (SSSR count). The molecule has 2 heterocycles. The van der Waals surface area contributed by atoms with E-state index in [1.54, 1.807) is 4.90 Å². The van der Waals surface area contributed by atoms with Gasteiger partial charge in [0, 0.05) is 12.6 Å². The first-order chi connectivity index (χ1) is 13.5. The maximum Gasteiger partial charge on any atom is 0.330 e. The Morgan fingerprint density at radius 3 is 2.61 bits per heavy atom. The van der Waals surface area contributed by atoms with E-state index < -0.39 is 11.2 Å². The molecule has 1 amide bonds. The molecule has 2 fully saturated rings. The van der Waals surface area contributed by atoms with Crippen LogP contribution < -0.4 is 26.8 Å². The average molecular weight is 394 g/mol. The van der Waals surface area contributed by atoms with Gasteiger partial charge in [-0.2, -0.15) is 0 Å². The summed E-state index contributed by atoms with van der Waals surface area (Å²) in [6, 6.07) is -0.0477. The van der Waals surface area contributed by atoms with Crippen molar-refractivity contribution in [2.24, 2.45) is 0 Å². The Bertz CT molecular complexity index is 790. The number of H-pyrrole nitrogens is 1. The maximum absolute atomic E-state index is 13.3. The van der Waals surface area contributed by atoms with E-state index in [-0.39, 0.29) is 23.5 Å². The van der Waals surface area contributed by atoms with Crippen LogP contribution in [0.1, 0.15) is 45.4 Å². The highest BCUT2D eigenvalue weighted by molar-refractivity contribution is 5.96. The zero-order valence-electron chi connectivity index (χ0n) is 16.7. The number of amides is 1. The zero-order chi connectivity index (χ0) is 20.1. The fourth-order valence-corrected chi connectivity index (χ4v) is 4.16. The molecular weight excluding hydrogens is 362 g/mol. The highest BCUT2D eigenvalue weighted by Crippen LogP contribution is 2.29. The van der Waals surface area contributed by atoms with E-state index in [0.29, 0.717) is 26.3 Å². The summed E-state index contributed by atoms with van der Waals surface area (Å²) in [5.41, 5.74) is 5.33. The van der Waals surface area contributed by atoms with E-state index in [9.17, 15) is 14.4 Å². The van der Waals surface area contributed by atoms with Gasteiger partial charge in [0.05, 0.1) is 13.2 Å². The van der Waals surface area contributed by atoms with Crippen molar-refractivity contribution in [1.29, 1.82) is 0 Å². The predicted octanol–water partition coefficient (Wildman–Crippen LogP) is -0.890. The van der Waals surface area contributed by atoms with Crippen LogP contribution in [0.25, 0.3) is 0 Å². The molecule has 9 heteroatoms. The van der Waals surface area contributed by atoms with Gasteiger partial charge in [0.1, 0.15) is 18.9 Å². The highest BCUT2D eigenvalue weighted by atomic mass is 16.5. The first-order valence-electron chi connectivity index (χ1n) is 10.4. The highest BCUT2D eigenvalue weighted by Gasteiger charge is 2.34. The van der Waals surface area contributed by atoms with Crippen LogP contribution in [0.2, 0.25) is 0 Å². The van der Waals surface area contributed by atoms with E-state index in [1.807, 2.05) is 6.92 Å². The zero-order valence-corrected chi connectivity index (χ0v) is 16.7. The summed E-state index contributed by atoms with van der Waals surface area (Å²) in [5, 5.41) is 0. The molecule has 1 aliphatic heterocycles. The Balaban J connectivity index is 1.96. The third-order valence-electron chi connectivity index (χ3n) is 5.75. The van der Waals surface area contributed by atoms with E-state index in [1.165, 1.54) is 4.57 Å². The molecule has 28 heavy (non-hydrogen) atoms. The molecule has 0 aromatic carbocycles. The number of morpholine rings is 1. The second kappa shape index (κ2) is 9.38. The minimum absolute atomic E-state index is 0.0477. The van der Waals surface area contributed by atoms with Crippen LogP contribution in [0, 0.1) is 0 Å². The van der Waals surface area contributed by atoms with Crippen molar-refractivity contribution in [3.63, 3.8) is 0 Å². The Morgan fingerprint density at radius 1 is 1.29 bits per heavy atom. The van der Waals surface area contributed by atoms with Crippen LogP contribution >= 0.6 is 0 Å². The number of carbonyl (C=O) groups is 1. The average Bonchev–Trinajstić information content (AvgIpc) is 3.19. The molecule has 156 valence electrons. The molecule has 0 atom stereocenters. The van der Waals surface area contributed by atoms with Crippen molar-refractivity contribution in [3.05, 3.63) is 20.8 Å². The number of hydrogen-bond acceptors (Lipinski definition) is 5. The number of rotatable bonds is 7. The molecule has 1 aromatic heterocycles. The first-order valence-corrected chi connectivity index (χ1v) is 10.4. The van der Waals surface area contributed by atoms with Crippen LogP contribution in [-0.4, -0.2) is 54.3 Å². The van der Waals surface area contributed by atoms with Gasteiger partial charge in [0.2, 0.25) is 0 Å². The number of nitrogens with two attached hydrogens (primary N) is 1. The van der Waals surface area contributed by atoms with Crippen molar-refractivity contribution >= 4 is 17.4 Å². The summed E-state index contributed by atoms with van der Waals surface area (Å²) in [6.07, 6.45) is 5.39. The summed E-state index contributed by atoms with van der Waals surface area (Å²) in [6.45, 7) is 5.55. The molecular formula is C19H32N5O4+. The van der Waals surface area contributed by atoms with E-state index >= 15 is 0 Å². The van der Waals surface area contributed by atoms with Gasteiger partial charge in [0.15, 0.2) is 12.2 Å². The number of anilines is 2. The van der Waals surface area contributed by atoms with Gasteiger partial charge in [-0.25, -0.2) is 4.79 Å². The second-order valence-electron chi connectivity index (χ2n) is 7.74. The number of nitrogens with zero attached hydrogens (tertiary/aromatic N) is 2. The smallest absolute Gasteiger partial charge is 0.330 e. The number of carbonyl (C=O) groups excluding carboxylic acids is 1. The fraction of sp³-hybridized carbons (Fsp3) is 0.737. The van der Waals surface area contributed by atoms with Crippen LogP contribution in [0.4, 0.5) is 11.5 Å². The summed E-state index contributed by atoms with van der Waals surface area (Å²) < 4.78 is 6.76. The number of nitrogens with one attached hydrogen (secondary N) is 2. The van der Waals surface area contributed by atoms with Crippen LogP contribution in [0.5, 0.6) is 0 Å². The van der Waals surface area contributed by atoms with Crippen LogP contribution in [-0.2, 0) is 16.1 Å². The fourth-order valence-electron chi connectivity index (χ4n) is 4.16. The SMILES string of the molecule is CCCCn1c(N)c(N(C(=O)C[NH+]2CCOCC2)C2CCCC2)c(=O)[nH]c1=O. The molecule has 0 bridgehead atoms. The molecule has 0 unspecified atom stereocenters. The largest absolute Gasteiger partial charge is 0.383 e. The number of ether oxygens (including phenoxy) is 1. The van der Waals surface area contributed by atoms with Gasteiger partial charge in [-0.15, -0.1) is 0 Å². The molecule has 1 saturated carbocycles. The number of aromatic nitrogens is 2. The monoisotopic (exact) mass is 394 g/mol. The minimum Gasteiger partial charge on any atom is -0.383 e. The second-order valence-corrected chi connectivity index (χ2v) is 7.74. The quantitative estimate of drug-likeness (QED) is 0.555. The molecule has 2 aliphatic rings. The number of hydrogen-bond donors (Lipinski definition) is 3. The van der Waals surface area contributed by atoms with E-state index in [2.05, 4.69) is 4.98 Å². The Morgan fingerprint density at radius 2 is 1.96 bits per heavy atom. The summed E-state index contributed by atoms with van der Waals surface area (Å²) in [4.78, 5) is 43.4. The van der Waals surface area contributed by atoms with Crippen molar-refractivity contribution in [2.75, 3.05) is 43.5 Å². The minimum atomic E-state index is -0.576. The van der Waals surface area contributed by atoms with E-state index in [4.69, 9.17) is 10.5 Å². The third-order valence-corrected chi connectivity index (χ3v) is 5.75. The van der Waals surface area contributed by atoms with Crippen LogP contribution in [0.15, 0.2) is 9.59 Å². The number of nitrogen functional groups attached to an aromatic ring is 1. The molecule has 4 N–H and O–H groups in total. The summed E-state index contributed by atoms with van der Waals surface area (Å²) >= 11 is 0. The lowest BCUT2D eigenvalue weighted by Crippen LogP contribution is -3.15. The van der Waals surface area contributed by atoms with Crippen molar-refractivity contribution in [1.82, 2.24) is 9.55 Å². The molecule has 9 nitrogen and oxygen atoms in total. The van der Waals surface area contributed by atoms with Crippen molar-refractivity contribution in [2.45, 2.75) is 58.0 Å². The Labute approximate surface area is 164 Å². The normalized spacial score (nSPS) is 18.5. The molecule has 1 aromatic rings. The number of aromatic amines is 1. The van der Waals surface area contributed by atoms with Crippen molar-refractivity contribution in [3.8, 4) is 0 Å². The summed E-state index contributed by atoms with van der Waals surface area (Å²) in [7, 11) is 0. The van der Waals surface area contributed by atoms with Gasteiger partial charge in [0.25, 0.3) is 11.5 Å². The van der Waals surface area contributed by atoms with Gasteiger partial charge >= 0.3 is 5.69 Å². The lowest BCUT2D eigenvalue weighted by atomic mass is 10.1. The molecule has 1 aliphatic carbocycles. The lowest BCUT2D eigenvalue weighted by Gasteiger charge is -2.31. The van der Waals surface area contributed by atoms with Gasteiger partial charge < -0.3 is 15.4 Å². The standard InChI is InChI=1S/C19H31N5O4/c1-2-3-8-23-17(20)16(18(26)21-19(23)27)24(14-6-4-5-7-14)15(25)13-22-9-11-28-12-10-22/h14H,2-13,20H2,1H3,(H,21,26,27)/p+1. The Hall–Kier alpha value is -2.13. The topological polar surface area (TPSA) is 115 Å². The number of unbranched alkanes of at least 4 members (excludes halogenated alkanes) is 1. The molecule has 0 spiro atoms. The predicted molar refractivity (Wildman–Crippen MR) is 107 cm³/mol. The van der Waals surface area contributed by atoms with Crippen molar-refractivity contribution < 1.29 is 14.4 Å². The van der Waals surface area contributed by atoms with Crippen LogP contribution in [0.3, 0.4) is 0 Å². The van der Waals surface area contributed by atoms with E-state index in [0.717, 1.165) is 56.5 Å². The number of quaternary nitrogens is 1. The van der Waals surface area contributed by atoms with Gasteiger partial charge in [-0.05, 0) is 19.3 Å². The maximum atomic E-state index is 13.3. The van der Waals surface area contributed by atoms with Gasteiger partial charge in [-0.1, -0.05) is 26.2 Å². The molecule has 0 radical (unpaired) electrons.